The van der Waals surface area contributed by atoms with Crippen molar-refractivity contribution >= 4 is 17.7 Å². The number of alkyl halides is 3. The zero-order chi connectivity index (χ0) is 20.9. The van der Waals surface area contributed by atoms with Gasteiger partial charge in [-0.15, -0.1) is 11.8 Å². The number of carboxylic acid groups (broad SMARTS) is 1. The summed E-state index contributed by atoms with van der Waals surface area (Å²) in [6, 6.07) is 16.7. The van der Waals surface area contributed by atoms with Gasteiger partial charge in [0.15, 0.2) is 0 Å². The minimum absolute atomic E-state index is 0.0304. The van der Waals surface area contributed by atoms with Crippen LogP contribution in [0.1, 0.15) is 16.9 Å². The van der Waals surface area contributed by atoms with Crippen LogP contribution in [0.3, 0.4) is 0 Å². The summed E-state index contributed by atoms with van der Waals surface area (Å²) in [7, 11) is 0. The molecule has 152 valence electrons. The molecule has 0 unspecified atom stereocenters. The maximum atomic E-state index is 13.4. The molecule has 29 heavy (non-hydrogen) atoms. The van der Waals surface area contributed by atoms with Gasteiger partial charge >= 0.3 is 12.1 Å². The van der Waals surface area contributed by atoms with E-state index in [2.05, 4.69) is 0 Å². The van der Waals surface area contributed by atoms with Crippen molar-refractivity contribution in [2.45, 2.75) is 18.5 Å². The Labute approximate surface area is 169 Å². The Morgan fingerprint density at radius 3 is 2.52 bits per heavy atom. The molecule has 0 bridgehead atoms. The van der Waals surface area contributed by atoms with E-state index in [-0.39, 0.29) is 23.7 Å². The minimum atomic E-state index is -4.64. The quantitative estimate of drug-likeness (QED) is 0.493. The molecule has 0 spiro atoms. The summed E-state index contributed by atoms with van der Waals surface area (Å²) in [6.45, 7) is -0.309. The van der Waals surface area contributed by atoms with Crippen molar-refractivity contribution in [1.29, 1.82) is 0 Å². The van der Waals surface area contributed by atoms with E-state index in [1.54, 1.807) is 54.6 Å². The first-order valence-electron chi connectivity index (χ1n) is 8.59. The van der Waals surface area contributed by atoms with Gasteiger partial charge < -0.3 is 14.3 Å². The fourth-order valence-electron chi connectivity index (χ4n) is 2.66. The number of halogens is 3. The van der Waals surface area contributed by atoms with Crippen molar-refractivity contribution in [3.8, 4) is 17.1 Å². The molecule has 8 heteroatoms. The maximum absolute atomic E-state index is 13.4. The Hall–Kier alpha value is -2.87. The van der Waals surface area contributed by atoms with Crippen molar-refractivity contribution in [2.24, 2.45) is 0 Å². The van der Waals surface area contributed by atoms with Crippen molar-refractivity contribution < 1.29 is 32.2 Å². The topological polar surface area (TPSA) is 59.7 Å². The molecule has 0 saturated heterocycles. The molecule has 1 heterocycles. The molecular formula is C21H17F3O4S. The second-order valence-corrected chi connectivity index (χ2v) is 7.14. The highest BCUT2D eigenvalue weighted by Gasteiger charge is 2.38. The molecule has 0 aliphatic rings. The average molecular weight is 422 g/mol. The number of hydrogen-bond donors (Lipinski definition) is 1. The molecule has 0 saturated carbocycles. The molecule has 3 rings (SSSR count). The number of thioether (sulfide) groups is 1. The lowest BCUT2D eigenvalue weighted by atomic mass is 10.1. The molecule has 3 aromatic rings. The molecule has 1 aromatic heterocycles. The number of hydrogen-bond acceptors (Lipinski definition) is 4. The van der Waals surface area contributed by atoms with E-state index in [9.17, 15) is 18.0 Å². The minimum Gasteiger partial charge on any atom is -0.489 e. The Morgan fingerprint density at radius 1 is 1.07 bits per heavy atom. The first-order chi connectivity index (χ1) is 13.8. The van der Waals surface area contributed by atoms with E-state index in [0.717, 1.165) is 5.56 Å². The van der Waals surface area contributed by atoms with Gasteiger partial charge in [0, 0.05) is 16.9 Å². The fraction of sp³-hybridized carbons (Fsp3) is 0.190. The van der Waals surface area contributed by atoms with Crippen LogP contribution < -0.4 is 4.74 Å². The molecule has 0 radical (unpaired) electrons. The summed E-state index contributed by atoms with van der Waals surface area (Å²) in [5.41, 5.74) is 1.27. The van der Waals surface area contributed by atoms with Gasteiger partial charge in [-0.25, -0.2) is 0 Å². The van der Waals surface area contributed by atoms with Crippen LogP contribution in [0, 0.1) is 0 Å². The van der Waals surface area contributed by atoms with E-state index in [4.69, 9.17) is 14.3 Å². The first kappa shape index (κ1) is 20.9. The lowest BCUT2D eigenvalue weighted by Crippen LogP contribution is -2.08. The molecule has 2 aromatic carbocycles. The summed E-state index contributed by atoms with van der Waals surface area (Å²) >= 11 is 1.23. The number of benzene rings is 2. The normalized spacial score (nSPS) is 11.4. The van der Waals surface area contributed by atoms with Crippen LogP contribution in [0.5, 0.6) is 5.75 Å². The van der Waals surface area contributed by atoms with E-state index in [0.29, 0.717) is 17.1 Å². The number of aliphatic carboxylic acids is 1. The highest BCUT2D eigenvalue weighted by atomic mass is 32.2. The van der Waals surface area contributed by atoms with E-state index in [1.165, 1.54) is 17.8 Å². The van der Waals surface area contributed by atoms with Crippen LogP contribution >= 0.6 is 11.8 Å². The van der Waals surface area contributed by atoms with E-state index >= 15 is 0 Å². The second-order valence-electron chi connectivity index (χ2n) is 6.15. The molecular weight excluding hydrogens is 405 g/mol. The SMILES string of the molecule is O=C(O)CSCc1cccc(OCc2cc(-c3ccccc3)oc2C(F)(F)F)c1. The molecule has 0 aliphatic carbocycles. The van der Waals surface area contributed by atoms with Crippen LogP contribution in [-0.2, 0) is 23.3 Å². The zero-order valence-corrected chi connectivity index (χ0v) is 15.9. The van der Waals surface area contributed by atoms with Crippen LogP contribution in [0.2, 0.25) is 0 Å². The van der Waals surface area contributed by atoms with Crippen molar-refractivity contribution in [3.05, 3.63) is 77.6 Å². The molecule has 4 nitrogen and oxygen atoms in total. The number of ether oxygens (including phenoxy) is 1. The lowest BCUT2D eigenvalue weighted by molar-refractivity contribution is -0.153. The van der Waals surface area contributed by atoms with Gasteiger partial charge in [-0.2, -0.15) is 13.2 Å². The predicted octanol–water partition coefficient (Wildman–Crippen LogP) is 5.86. The van der Waals surface area contributed by atoms with Gasteiger partial charge in [0.25, 0.3) is 0 Å². The second kappa shape index (κ2) is 9.09. The highest BCUT2D eigenvalue weighted by Crippen LogP contribution is 2.37. The Balaban J connectivity index is 1.75. The molecule has 1 N–H and O–H groups in total. The Bertz CT molecular complexity index is 968. The third kappa shape index (κ3) is 5.80. The van der Waals surface area contributed by atoms with Crippen LogP contribution in [-0.4, -0.2) is 16.8 Å². The monoisotopic (exact) mass is 422 g/mol. The zero-order valence-electron chi connectivity index (χ0n) is 15.1. The van der Waals surface area contributed by atoms with Gasteiger partial charge in [0.2, 0.25) is 5.76 Å². The van der Waals surface area contributed by atoms with Gasteiger partial charge in [0.05, 0.1) is 5.75 Å². The third-order valence-corrected chi connectivity index (χ3v) is 4.90. The maximum Gasteiger partial charge on any atom is 0.449 e. The third-order valence-electron chi connectivity index (χ3n) is 3.91. The summed E-state index contributed by atoms with van der Waals surface area (Å²) in [5, 5.41) is 8.69. The largest absolute Gasteiger partial charge is 0.489 e. The summed E-state index contributed by atoms with van der Waals surface area (Å²) < 4.78 is 50.8. The summed E-state index contributed by atoms with van der Waals surface area (Å²) in [6.07, 6.45) is -4.64. The first-order valence-corrected chi connectivity index (χ1v) is 9.75. The standard InChI is InChI=1S/C21H17F3O4S/c22-21(23,24)20-16(10-18(28-20)15-6-2-1-3-7-15)11-27-17-8-4-5-14(9-17)12-29-13-19(25)26/h1-10H,11-13H2,(H,25,26). The van der Waals surface area contributed by atoms with Crippen LogP contribution in [0.4, 0.5) is 13.2 Å². The van der Waals surface area contributed by atoms with E-state index in [1.807, 2.05) is 0 Å². The van der Waals surface area contributed by atoms with Gasteiger partial charge in [0.1, 0.15) is 18.1 Å². The average Bonchev–Trinajstić information content (AvgIpc) is 3.12. The number of furan rings is 1. The molecule has 0 fully saturated rings. The van der Waals surface area contributed by atoms with Crippen molar-refractivity contribution in [3.63, 3.8) is 0 Å². The number of rotatable bonds is 8. The van der Waals surface area contributed by atoms with E-state index < -0.39 is 17.9 Å². The van der Waals surface area contributed by atoms with Crippen LogP contribution in [0.25, 0.3) is 11.3 Å². The summed E-state index contributed by atoms with van der Waals surface area (Å²) in [5.74, 6) is -1.04. The van der Waals surface area contributed by atoms with Gasteiger partial charge in [-0.05, 0) is 23.8 Å². The van der Waals surface area contributed by atoms with Gasteiger partial charge in [-0.3, -0.25) is 4.79 Å². The van der Waals surface area contributed by atoms with Crippen molar-refractivity contribution in [2.75, 3.05) is 5.75 Å². The summed E-state index contributed by atoms with van der Waals surface area (Å²) in [4.78, 5) is 10.6. The van der Waals surface area contributed by atoms with Crippen molar-refractivity contribution in [1.82, 2.24) is 0 Å². The molecule has 0 atom stereocenters. The molecule has 0 aliphatic heterocycles. The van der Waals surface area contributed by atoms with Crippen LogP contribution in [0.15, 0.2) is 65.1 Å². The smallest absolute Gasteiger partial charge is 0.449 e. The Morgan fingerprint density at radius 2 is 1.83 bits per heavy atom. The fourth-order valence-corrected chi connectivity index (χ4v) is 3.35. The molecule has 0 amide bonds. The number of carbonyl (C=O) groups is 1. The number of carboxylic acids is 1. The predicted molar refractivity (Wildman–Crippen MR) is 104 cm³/mol. The van der Waals surface area contributed by atoms with Gasteiger partial charge in [-0.1, -0.05) is 42.5 Å². The lowest BCUT2D eigenvalue weighted by Gasteiger charge is -2.09. The Kier molecular flexibility index (Phi) is 6.53. The highest BCUT2D eigenvalue weighted by molar-refractivity contribution is 7.99.